The van der Waals surface area contributed by atoms with Crippen LogP contribution in [0.25, 0.3) is 0 Å². The number of aromatic nitrogens is 2. The van der Waals surface area contributed by atoms with Gasteiger partial charge in [-0.25, -0.2) is 13.5 Å². The molecule has 6 heteroatoms. The van der Waals surface area contributed by atoms with Crippen molar-refractivity contribution in [1.82, 2.24) is 9.78 Å². The summed E-state index contributed by atoms with van der Waals surface area (Å²) in [5.41, 5.74) is 1.93. The number of hydrogen-bond acceptors (Lipinski definition) is 1. The van der Waals surface area contributed by atoms with Crippen molar-refractivity contribution in [3.05, 3.63) is 51.8 Å². The molecule has 0 aliphatic carbocycles. The van der Waals surface area contributed by atoms with Crippen LogP contribution < -0.4 is 0 Å². The smallest absolute Gasteiger partial charge is 0.249 e. The average Bonchev–Trinajstić information content (AvgIpc) is 2.69. The number of benzene rings is 1. The maximum Gasteiger partial charge on any atom is 0.282 e. The van der Waals surface area contributed by atoms with Crippen LogP contribution in [0.1, 0.15) is 28.8 Å². The van der Waals surface area contributed by atoms with Crippen LogP contribution in [0.2, 0.25) is 5.15 Å². The minimum absolute atomic E-state index is 0.0770. The lowest BCUT2D eigenvalue weighted by Crippen LogP contribution is -2.02. The summed E-state index contributed by atoms with van der Waals surface area (Å²) in [5, 5.41) is 4.02. The number of nitrogens with zero attached hydrogens (tertiary/aromatic N) is 2. The first-order valence-electron chi connectivity index (χ1n) is 5.67. The van der Waals surface area contributed by atoms with Crippen LogP contribution in [0.4, 0.5) is 8.78 Å². The lowest BCUT2D eigenvalue weighted by atomic mass is 10.1. The summed E-state index contributed by atoms with van der Waals surface area (Å²) in [4.78, 5) is 0. The Kier molecular flexibility index (Phi) is 4.42. The molecule has 1 aromatic heterocycles. The number of rotatable bonds is 4. The molecule has 0 fully saturated rings. The summed E-state index contributed by atoms with van der Waals surface area (Å²) in [6, 6.07) is 7.72. The Morgan fingerprint density at radius 3 is 2.37 bits per heavy atom. The predicted octanol–water partition coefficient (Wildman–Crippen LogP) is 4.57. The molecule has 0 spiro atoms. The first-order valence-corrected chi connectivity index (χ1v) is 6.59. The Morgan fingerprint density at radius 2 is 1.89 bits per heavy atom. The topological polar surface area (TPSA) is 17.8 Å². The van der Waals surface area contributed by atoms with Crippen molar-refractivity contribution < 1.29 is 8.78 Å². The van der Waals surface area contributed by atoms with Crippen molar-refractivity contribution in [2.75, 3.05) is 0 Å². The lowest BCUT2D eigenvalue weighted by Gasteiger charge is -2.04. The molecule has 0 unspecified atom stereocenters. The van der Waals surface area contributed by atoms with Gasteiger partial charge in [0.05, 0.1) is 12.4 Å². The Balaban J connectivity index is 2.32. The van der Waals surface area contributed by atoms with Crippen molar-refractivity contribution in [3.8, 4) is 0 Å². The van der Waals surface area contributed by atoms with Crippen LogP contribution in [0, 0.1) is 6.92 Å². The summed E-state index contributed by atoms with van der Waals surface area (Å²) in [6.07, 6.45) is -2.68. The van der Waals surface area contributed by atoms with Crippen LogP contribution in [0.15, 0.2) is 24.3 Å². The van der Waals surface area contributed by atoms with E-state index in [0.29, 0.717) is 6.54 Å². The maximum atomic E-state index is 12.8. The molecule has 19 heavy (non-hydrogen) atoms. The third kappa shape index (κ3) is 3.07. The summed E-state index contributed by atoms with van der Waals surface area (Å²) in [6.45, 7) is 2.32. The molecule has 0 aliphatic heterocycles. The first-order chi connectivity index (χ1) is 9.02. The van der Waals surface area contributed by atoms with Gasteiger partial charge in [0.25, 0.3) is 6.43 Å². The van der Waals surface area contributed by atoms with Crippen LogP contribution in [0.5, 0.6) is 0 Å². The van der Waals surface area contributed by atoms with Gasteiger partial charge in [0, 0.05) is 5.56 Å². The molecule has 1 aromatic carbocycles. The number of halogens is 4. The first kappa shape index (κ1) is 14.3. The van der Waals surface area contributed by atoms with E-state index in [0.717, 1.165) is 11.1 Å². The zero-order chi connectivity index (χ0) is 14.0. The molecule has 2 rings (SSSR count). The second kappa shape index (κ2) is 5.88. The van der Waals surface area contributed by atoms with Gasteiger partial charge in [-0.3, -0.25) is 0 Å². The predicted molar refractivity (Wildman–Crippen MR) is 72.0 cm³/mol. The second-order valence-corrected chi connectivity index (χ2v) is 4.86. The Morgan fingerprint density at radius 1 is 1.26 bits per heavy atom. The van der Waals surface area contributed by atoms with E-state index >= 15 is 0 Å². The van der Waals surface area contributed by atoms with Gasteiger partial charge in [0.1, 0.15) is 10.8 Å². The van der Waals surface area contributed by atoms with E-state index in [4.69, 9.17) is 23.2 Å². The Bertz CT molecular complexity index is 565. The fourth-order valence-electron chi connectivity index (χ4n) is 1.77. The third-order valence-corrected chi connectivity index (χ3v) is 3.50. The normalized spacial score (nSPS) is 11.3. The minimum atomic E-state index is -2.68. The minimum Gasteiger partial charge on any atom is -0.249 e. The highest BCUT2D eigenvalue weighted by molar-refractivity contribution is 6.31. The second-order valence-electron chi connectivity index (χ2n) is 4.23. The quantitative estimate of drug-likeness (QED) is 0.757. The largest absolute Gasteiger partial charge is 0.282 e. The van der Waals surface area contributed by atoms with E-state index in [2.05, 4.69) is 5.10 Å². The van der Waals surface area contributed by atoms with E-state index in [-0.39, 0.29) is 22.3 Å². The van der Waals surface area contributed by atoms with Crippen LogP contribution in [-0.2, 0) is 12.4 Å². The van der Waals surface area contributed by atoms with Gasteiger partial charge in [-0.15, -0.1) is 11.6 Å². The summed E-state index contributed by atoms with van der Waals surface area (Å²) in [5.74, 6) is -0.0770. The molecular weight excluding hydrogens is 293 g/mol. The van der Waals surface area contributed by atoms with E-state index in [1.165, 1.54) is 4.68 Å². The molecule has 102 valence electrons. The molecule has 2 aromatic rings. The fraction of sp³-hybridized carbons (Fsp3) is 0.308. The van der Waals surface area contributed by atoms with Gasteiger partial charge in [0.2, 0.25) is 0 Å². The van der Waals surface area contributed by atoms with Crippen molar-refractivity contribution in [2.45, 2.75) is 25.8 Å². The molecule has 0 radical (unpaired) electrons. The van der Waals surface area contributed by atoms with Crippen LogP contribution in [-0.4, -0.2) is 9.78 Å². The molecule has 0 atom stereocenters. The van der Waals surface area contributed by atoms with E-state index < -0.39 is 6.43 Å². The molecule has 0 bridgehead atoms. The molecule has 0 N–H and O–H groups in total. The average molecular weight is 305 g/mol. The number of alkyl halides is 3. The van der Waals surface area contributed by atoms with Crippen molar-refractivity contribution >= 4 is 23.2 Å². The summed E-state index contributed by atoms with van der Waals surface area (Å²) >= 11 is 11.7. The van der Waals surface area contributed by atoms with Crippen molar-refractivity contribution in [1.29, 1.82) is 0 Å². The molecule has 0 amide bonds. The van der Waals surface area contributed by atoms with E-state index in [9.17, 15) is 8.78 Å². The molecule has 0 saturated carbocycles. The number of aryl methyl sites for hydroxylation is 1. The van der Waals surface area contributed by atoms with Gasteiger partial charge in [-0.05, 0) is 12.5 Å². The maximum absolute atomic E-state index is 12.8. The van der Waals surface area contributed by atoms with Gasteiger partial charge in [-0.1, -0.05) is 41.4 Å². The number of hydrogen-bond donors (Lipinski definition) is 0. The van der Waals surface area contributed by atoms with E-state index in [1.54, 1.807) is 0 Å². The summed E-state index contributed by atoms with van der Waals surface area (Å²) < 4.78 is 27.0. The van der Waals surface area contributed by atoms with Gasteiger partial charge in [-0.2, -0.15) is 5.10 Å². The van der Waals surface area contributed by atoms with Crippen LogP contribution in [0.3, 0.4) is 0 Å². The Hall–Kier alpha value is -1.13. The highest BCUT2D eigenvalue weighted by atomic mass is 35.5. The molecule has 1 heterocycles. The highest BCUT2D eigenvalue weighted by Crippen LogP contribution is 2.29. The van der Waals surface area contributed by atoms with Gasteiger partial charge < -0.3 is 0 Å². The Labute approximate surface area is 119 Å². The third-order valence-electron chi connectivity index (χ3n) is 2.81. The van der Waals surface area contributed by atoms with Crippen LogP contribution >= 0.6 is 23.2 Å². The van der Waals surface area contributed by atoms with Gasteiger partial charge >= 0.3 is 0 Å². The highest BCUT2D eigenvalue weighted by Gasteiger charge is 2.22. The lowest BCUT2D eigenvalue weighted by molar-refractivity contribution is 0.144. The van der Waals surface area contributed by atoms with E-state index in [1.807, 2.05) is 31.2 Å². The van der Waals surface area contributed by atoms with Gasteiger partial charge in [0.15, 0.2) is 0 Å². The fourth-order valence-corrected chi connectivity index (χ4v) is 2.36. The SMILES string of the molecule is Cc1ccc(Cn2nc(C(F)F)c(CCl)c2Cl)cc1. The molecule has 2 nitrogen and oxygen atoms in total. The zero-order valence-corrected chi connectivity index (χ0v) is 11.7. The molecular formula is C13H12Cl2F2N2. The van der Waals surface area contributed by atoms with Crippen molar-refractivity contribution in [2.24, 2.45) is 0 Å². The molecule has 0 aliphatic rings. The standard InChI is InChI=1S/C13H12Cl2F2N2/c1-8-2-4-9(5-3-8)7-19-12(15)10(6-14)11(18-19)13(16)17/h2-5,13H,6-7H2,1H3. The molecule has 0 saturated heterocycles. The monoisotopic (exact) mass is 304 g/mol. The summed E-state index contributed by atoms with van der Waals surface area (Å²) in [7, 11) is 0. The zero-order valence-electron chi connectivity index (χ0n) is 10.2. The van der Waals surface area contributed by atoms with Crippen molar-refractivity contribution in [3.63, 3.8) is 0 Å².